The van der Waals surface area contributed by atoms with E-state index < -0.39 is 11.7 Å². The number of nitrogens with zero attached hydrogens (tertiary/aromatic N) is 3. The van der Waals surface area contributed by atoms with E-state index in [1.165, 1.54) is 12.1 Å². The minimum absolute atomic E-state index is 0.138. The molecule has 0 radical (unpaired) electrons. The van der Waals surface area contributed by atoms with Gasteiger partial charge in [-0.25, -0.2) is 0 Å². The Morgan fingerprint density at radius 1 is 1.18 bits per heavy atom. The summed E-state index contributed by atoms with van der Waals surface area (Å²) in [5.41, 5.74) is 0.373. The molecule has 22 heavy (non-hydrogen) atoms. The van der Waals surface area contributed by atoms with Gasteiger partial charge in [-0.1, -0.05) is 18.2 Å². The van der Waals surface area contributed by atoms with E-state index in [1.54, 1.807) is 30.6 Å². The first-order chi connectivity index (χ1) is 10.5. The minimum Gasteiger partial charge on any atom is -0.275 e. The Morgan fingerprint density at radius 3 is 2.45 bits per heavy atom. The predicted octanol–water partition coefficient (Wildman–Crippen LogP) is 3.12. The third-order valence-electron chi connectivity index (χ3n) is 2.78. The minimum atomic E-state index is -4.36. The molecule has 2 rings (SSSR count). The summed E-state index contributed by atoms with van der Waals surface area (Å²) in [4.78, 5) is 8.25. The van der Waals surface area contributed by atoms with Crippen molar-refractivity contribution < 1.29 is 13.2 Å². The fourth-order valence-corrected chi connectivity index (χ4v) is 1.71. The third kappa shape index (κ3) is 4.06. The van der Waals surface area contributed by atoms with Crippen molar-refractivity contribution in [3.05, 3.63) is 65.5 Å². The van der Waals surface area contributed by atoms with Crippen molar-refractivity contribution in [1.82, 2.24) is 10.3 Å². The number of rotatable bonds is 3. The Balaban J connectivity index is 2.16. The number of amidine groups is 1. The van der Waals surface area contributed by atoms with Crippen LogP contribution in [0.2, 0.25) is 0 Å². The number of aromatic nitrogens is 1. The molecular formula is C15H11F3N4. The zero-order chi connectivity index (χ0) is 16.0. The van der Waals surface area contributed by atoms with Gasteiger partial charge in [0.2, 0.25) is 0 Å². The van der Waals surface area contributed by atoms with Gasteiger partial charge in [0, 0.05) is 6.20 Å². The van der Waals surface area contributed by atoms with Gasteiger partial charge < -0.3 is 0 Å². The van der Waals surface area contributed by atoms with Crippen molar-refractivity contribution in [2.75, 3.05) is 0 Å². The second-order valence-electron chi connectivity index (χ2n) is 4.31. The van der Waals surface area contributed by atoms with Gasteiger partial charge in [0.15, 0.2) is 12.0 Å². The molecule has 0 aliphatic carbocycles. The second-order valence-corrected chi connectivity index (χ2v) is 4.31. The summed E-state index contributed by atoms with van der Waals surface area (Å²) in [6, 6.07) is 9.86. The van der Waals surface area contributed by atoms with Crippen LogP contribution in [0.15, 0.2) is 53.7 Å². The maximum Gasteiger partial charge on any atom is 0.416 e. The maximum atomic E-state index is 12.5. The van der Waals surface area contributed by atoms with Crippen molar-refractivity contribution in [2.24, 2.45) is 4.99 Å². The molecule has 4 nitrogen and oxygen atoms in total. The molecule has 1 aromatic carbocycles. The first kappa shape index (κ1) is 15.5. The second kappa shape index (κ2) is 6.72. The van der Waals surface area contributed by atoms with Crippen LogP contribution in [0.1, 0.15) is 16.8 Å². The van der Waals surface area contributed by atoms with Crippen LogP contribution in [-0.2, 0) is 12.7 Å². The summed E-state index contributed by atoms with van der Waals surface area (Å²) in [5.74, 6) is 0.267. The van der Waals surface area contributed by atoms with Gasteiger partial charge >= 0.3 is 6.18 Å². The third-order valence-corrected chi connectivity index (χ3v) is 2.78. The number of alkyl halides is 3. The molecule has 1 N–H and O–H groups in total. The number of halogens is 3. The van der Waals surface area contributed by atoms with Crippen LogP contribution in [-0.4, -0.2) is 10.8 Å². The van der Waals surface area contributed by atoms with Crippen LogP contribution >= 0.6 is 0 Å². The summed E-state index contributed by atoms with van der Waals surface area (Å²) in [7, 11) is 0. The molecular weight excluding hydrogens is 293 g/mol. The molecule has 0 fully saturated rings. The fourth-order valence-electron chi connectivity index (χ4n) is 1.71. The average Bonchev–Trinajstić information content (AvgIpc) is 2.52. The van der Waals surface area contributed by atoms with E-state index in [4.69, 9.17) is 5.26 Å². The largest absolute Gasteiger partial charge is 0.416 e. The summed E-state index contributed by atoms with van der Waals surface area (Å²) >= 11 is 0. The molecule has 0 unspecified atom stereocenters. The molecule has 1 heterocycles. The SMILES string of the molecule is N#CNC(=NCc1ccc(C(F)(F)F)cc1)c1ccccn1. The van der Waals surface area contributed by atoms with Gasteiger partial charge in [-0.05, 0) is 29.8 Å². The molecule has 0 aliphatic rings. The number of pyridine rings is 1. The number of benzene rings is 1. The standard InChI is InChI=1S/C15H11F3N4/c16-15(17,18)12-6-4-11(5-7-12)9-21-14(22-10-19)13-3-1-2-8-20-13/h1-8H,9H2,(H,21,22). The zero-order valence-corrected chi connectivity index (χ0v) is 11.3. The quantitative estimate of drug-likeness (QED) is 0.410. The van der Waals surface area contributed by atoms with Crippen LogP contribution in [0.4, 0.5) is 13.2 Å². The Hall–Kier alpha value is -2.88. The normalized spacial score (nSPS) is 11.8. The van der Waals surface area contributed by atoms with Crippen molar-refractivity contribution in [3.63, 3.8) is 0 Å². The average molecular weight is 304 g/mol. The maximum absolute atomic E-state index is 12.5. The topological polar surface area (TPSA) is 61.1 Å². The first-order valence-corrected chi connectivity index (χ1v) is 6.28. The van der Waals surface area contributed by atoms with Gasteiger partial charge in [0.05, 0.1) is 12.1 Å². The van der Waals surface area contributed by atoms with Crippen LogP contribution in [0.25, 0.3) is 0 Å². The molecule has 0 spiro atoms. The number of nitriles is 1. The summed E-state index contributed by atoms with van der Waals surface area (Å²) in [5, 5.41) is 11.1. The van der Waals surface area contributed by atoms with Crippen molar-refractivity contribution in [1.29, 1.82) is 5.26 Å². The Morgan fingerprint density at radius 2 is 1.91 bits per heavy atom. The highest BCUT2D eigenvalue weighted by atomic mass is 19.4. The van der Waals surface area contributed by atoms with E-state index in [1.807, 2.05) is 0 Å². The van der Waals surface area contributed by atoms with Crippen molar-refractivity contribution in [2.45, 2.75) is 12.7 Å². The smallest absolute Gasteiger partial charge is 0.275 e. The lowest BCUT2D eigenvalue weighted by Crippen LogP contribution is -2.20. The van der Waals surface area contributed by atoms with E-state index >= 15 is 0 Å². The molecule has 2 aromatic rings. The van der Waals surface area contributed by atoms with Crippen LogP contribution < -0.4 is 5.32 Å². The number of hydrogen-bond acceptors (Lipinski definition) is 3. The highest BCUT2D eigenvalue weighted by Crippen LogP contribution is 2.29. The number of aliphatic imine (C=N–C) groups is 1. The number of hydrogen-bond donors (Lipinski definition) is 1. The van der Waals surface area contributed by atoms with E-state index in [-0.39, 0.29) is 12.4 Å². The van der Waals surface area contributed by atoms with Gasteiger partial charge in [-0.3, -0.25) is 15.3 Å². The van der Waals surface area contributed by atoms with Crippen LogP contribution in [0, 0.1) is 11.5 Å². The van der Waals surface area contributed by atoms with E-state index in [9.17, 15) is 13.2 Å². The van der Waals surface area contributed by atoms with Gasteiger partial charge in [-0.2, -0.15) is 18.4 Å². The van der Waals surface area contributed by atoms with Gasteiger partial charge in [0.1, 0.15) is 5.69 Å². The molecule has 0 aliphatic heterocycles. The van der Waals surface area contributed by atoms with Crippen LogP contribution in [0.5, 0.6) is 0 Å². The van der Waals surface area contributed by atoms with Crippen molar-refractivity contribution in [3.8, 4) is 6.19 Å². The lowest BCUT2D eigenvalue weighted by molar-refractivity contribution is -0.137. The molecule has 1 aromatic heterocycles. The summed E-state index contributed by atoms with van der Waals surface area (Å²) in [6.45, 7) is 0.138. The monoisotopic (exact) mass is 304 g/mol. The van der Waals surface area contributed by atoms with Gasteiger partial charge in [0.25, 0.3) is 0 Å². The van der Waals surface area contributed by atoms with E-state index in [0.29, 0.717) is 11.3 Å². The molecule has 0 atom stereocenters. The summed E-state index contributed by atoms with van der Waals surface area (Å²) < 4.78 is 37.4. The Bertz CT molecular complexity index is 685. The van der Waals surface area contributed by atoms with Gasteiger partial charge in [-0.15, -0.1) is 0 Å². The molecule has 112 valence electrons. The lowest BCUT2D eigenvalue weighted by atomic mass is 10.1. The fraction of sp³-hybridized carbons (Fsp3) is 0.133. The highest BCUT2D eigenvalue weighted by molar-refractivity contribution is 5.97. The Labute approximate surface area is 125 Å². The summed E-state index contributed by atoms with van der Waals surface area (Å²) in [6.07, 6.45) is -1.04. The van der Waals surface area contributed by atoms with Crippen molar-refractivity contribution >= 4 is 5.84 Å². The molecule has 7 heteroatoms. The van der Waals surface area contributed by atoms with Crippen LogP contribution in [0.3, 0.4) is 0 Å². The zero-order valence-electron chi connectivity index (χ0n) is 11.3. The van der Waals surface area contributed by atoms with E-state index in [0.717, 1.165) is 12.1 Å². The Kier molecular flexibility index (Phi) is 4.73. The molecule has 0 bridgehead atoms. The number of nitrogens with one attached hydrogen (secondary N) is 1. The highest BCUT2D eigenvalue weighted by Gasteiger charge is 2.29. The first-order valence-electron chi connectivity index (χ1n) is 6.28. The predicted molar refractivity (Wildman–Crippen MR) is 74.7 cm³/mol. The molecule has 0 saturated heterocycles. The molecule has 0 amide bonds. The van der Waals surface area contributed by atoms with E-state index in [2.05, 4.69) is 15.3 Å². The lowest BCUT2D eigenvalue weighted by Gasteiger charge is -2.07. The molecule has 0 saturated carbocycles.